The first-order valence-electron chi connectivity index (χ1n) is 7.62. The lowest BCUT2D eigenvalue weighted by atomic mass is 10.0. The van der Waals surface area contributed by atoms with Gasteiger partial charge in [-0.1, -0.05) is 23.2 Å². The first kappa shape index (κ1) is 19.0. The summed E-state index contributed by atoms with van der Waals surface area (Å²) in [4.78, 5) is 23.3. The number of hydrogen-bond acceptors (Lipinski definition) is 3. The Morgan fingerprint density at radius 2 is 1.76 bits per heavy atom. The van der Waals surface area contributed by atoms with Crippen LogP contribution in [0.1, 0.15) is 29.8 Å². The zero-order valence-corrected chi connectivity index (χ0v) is 15.3. The van der Waals surface area contributed by atoms with Crippen LogP contribution < -0.4 is 10.1 Å². The third-order valence-corrected chi connectivity index (χ3v) is 4.13. The van der Waals surface area contributed by atoms with Gasteiger partial charge < -0.3 is 10.1 Å². The van der Waals surface area contributed by atoms with E-state index in [2.05, 4.69) is 5.32 Å². The van der Waals surface area contributed by atoms with Crippen molar-refractivity contribution in [3.8, 4) is 5.75 Å². The number of hydrogen-bond donors (Lipinski definition) is 1. The molecule has 0 spiro atoms. The molecule has 0 atom stereocenters. The van der Waals surface area contributed by atoms with E-state index in [1.807, 2.05) is 6.92 Å². The van der Waals surface area contributed by atoms with Crippen LogP contribution in [-0.4, -0.2) is 18.8 Å². The molecule has 0 heterocycles. The highest BCUT2D eigenvalue weighted by atomic mass is 35.5. The molecule has 2 rings (SSSR count). The number of benzene rings is 2. The molecule has 25 heavy (non-hydrogen) atoms. The average molecular weight is 378 g/mol. The van der Waals surface area contributed by atoms with Crippen LogP contribution in [0.2, 0.25) is 10.0 Å². The minimum Gasteiger partial charge on any atom is -0.494 e. The van der Waals surface area contributed by atoms with Crippen LogP contribution in [0.5, 0.6) is 5.75 Å². The highest BCUT2D eigenvalue weighted by Crippen LogP contribution is 2.36. The molecular weight excluding hydrogens is 361 g/mol. The fourth-order valence-corrected chi connectivity index (χ4v) is 2.89. The summed E-state index contributed by atoms with van der Waals surface area (Å²) in [5.41, 5.74) is 2.00. The molecule has 0 saturated heterocycles. The smallest absolute Gasteiger partial charge is 0.211 e. The van der Waals surface area contributed by atoms with Gasteiger partial charge in [-0.05, 0) is 61.9 Å². The molecule has 0 saturated carbocycles. The van der Waals surface area contributed by atoms with Crippen molar-refractivity contribution in [2.45, 2.75) is 13.8 Å². The Hall–Kier alpha value is -2.30. The van der Waals surface area contributed by atoms with Gasteiger partial charge in [0.1, 0.15) is 5.75 Å². The van der Waals surface area contributed by atoms with Crippen molar-refractivity contribution < 1.29 is 14.3 Å². The average Bonchev–Trinajstić information content (AvgIpc) is 2.59. The number of ether oxygens (including phenoxy) is 1. The molecule has 6 heteroatoms. The van der Waals surface area contributed by atoms with E-state index >= 15 is 0 Å². The van der Waals surface area contributed by atoms with Crippen LogP contribution in [0, 0.1) is 0 Å². The van der Waals surface area contributed by atoms with Crippen molar-refractivity contribution in [1.82, 2.24) is 0 Å². The lowest BCUT2D eigenvalue weighted by Gasteiger charge is -2.13. The van der Waals surface area contributed by atoms with Crippen molar-refractivity contribution >= 4 is 46.7 Å². The molecule has 1 amide bonds. The van der Waals surface area contributed by atoms with E-state index in [-0.39, 0.29) is 5.78 Å². The third-order valence-electron chi connectivity index (χ3n) is 3.50. The summed E-state index contributed by atoms with van der Waals surface area (Å²) >= 11 is 12.4. The number of carbonyl (C=O) groups excluding carboxylic acids is 2. The summed E-state index contributed by atoms with van der Waals surface area (Å²) in [6, 6.07) is 10.1. The van der Waals surface area contributed by atoms with Crippen molar-refractivity contribution in [3.63, 3.8) is 0 Å². The number of ketones is 1. The molecule has 2 aromatic rings. The van der Waals surface area contributed by atoms with Crippen molar-refractivity contribution in [1.29, 1.82) is 0 Å². The second kappa shape index (κ2) is 8.70. The second-order valence-electron chi connectivity index (χ2n) is 5.19. The minimum atomic E-state index is -0.186. The molecule has 1 N–H and O–H groups in total. The van der Waals surface area contributed by atoms with Crippen molar-refractivity contribution in [3.05, 3.63) is 63.6 Å². The zero-order valence-electron chi connectivity index (χ0n) is 13.8. The summed E-state index contributed by atoms with van der Waals surface area (Å²) in [5, 5.41) is 3.27. The summed E-state index contributed by atoms with van der Waals surface area (Å²) in [5.74, 6) is 0.517. The van der Waals surface area contributed by atoms with Crippen molar-refractivity contribution in [2.24, 2.45) is 0 Å². The molecule has 0 aliphatic rings. The predicted octanol–water partition coefficient (Wildman–Crippen LogP) is 5.25. The number of allylic oxidation sites excluding steroid dienone is 2. The number of carbonyl (C=O) groups is 2. The fraction of sp³-hybridized carbons (Fsp3) is 0.158. The van der Waals surface area contributed by atoms with Crippen LogP contribution in [0.25, 0.3) is 5.57 Å². The highest BCUT2D eigenvalue weighted by molar-refractivity contribution is 6.37. The maximum atomic E-state index is 12.5. The Morgan fingerprint density at radius 1 is 1.12 bits per heavy atom. The van der Waals surface area contributed by atoms with E-state index in [0.717, 1.165) is 0 Å². The maximum Gasteiger partial charge on any atom is 0.211 e. The van der Waals surface area contributed by atoms with E-state index in [4.69, 9.17) is 27.9 Å². The summed E-state index contributed by atoms with van der Waals surface area (Å²) in [7, 11) is 0. The summed E-state index contributed by atoms with van der Waals surface area (Å²) in [6.07, 6.45) is 1.98. The van der Waals surface area contributed by atoms with Gasteiger partial charge in [0.15, 0.2) is 5.78 Å². The van der Waals surface area contributed by atoms with E-state index in [0.29, 0.717) is 51.2 Å². The van der Waals surface area contributed by atoms with Crippen molar-refractivity contribution in [2.75, 3.05) is 11.9 Å². The van der Waals surface area contributed by atoms with Gasteiger partial charge >= 0.3 is 0 Å². The van der Waals surface area contributed by atoms with Gasteiger partial charge in [0, 0.05) is 11.1 Å². The molecule has 0 aliphatic carbocycles. The monoisotopic (exact) mass is 377 g/mol. The van der Waals surface area contributed by atoms with Gasteiger partial charge in [0.2, 0.25) is 6.41 Å². The Bertz CT molecular complexity index is 814. The Labute approximate surface area is 156 Å². The molecule has 0 bridgehead atoms. The standard InChI is InChI=1S/C19H17Cl2NO3/c1-3-25-14-6-4-13(5-7-14)17(24)10-12(2)18-15(20)8-9-16(21)19(18)22-11-23/h4-11H,3H2,1-2H3,(H,22,23)/b12-10+. The van der Waals surface area contributed by atoms with E-state index in [1.54, 1.807) is 43.3 Å². The Kier molecular flexibility index (Phi) is 6.62. The van der Waals surface area contributed by atoms with E-state index < -0.39 is 0 Å². The molecular formula is C19H17Cl2NO3. The van der Waals surface area contributed by atoms with E-state index in [9.17, 15) is 9.59 Å². The van der Waals surface area contributed by atoms with Crippen LogP contribution in [0.3, 0.4) is 0 Å². The minimum absolute atomic E-state index is 0.186. The Morgan fingerprint density at radius 3 is 2.36 bits per heavy atom. The molecule has 0 aromatic heterocycles. The van der Waals surface area contributed by atoms with Crippen LogP contribution in [0.4, 0.5) is 5.69 Å². The van der Waals surface area contributed by atoms with Gasteiger partial charge in [0.25, 0.3) is 0 Å². The molecule has 2 aromatic carbocycles. The highest BCUT2D eigenvalue weighted by Gasteiger charge is 2.14. The normalized spacial score (nSPS) is 11.1. The summed E-state index contributed by atoms with van der Waals surface area (Å²) < 4.78 is 5.36. The Balaban J connectivity index is 2.36. The topological polar surface area (TPSA) is 55.4 Å². The predicted molar refractivity (Wildman–Crippen MR) is 102 cm³/mol. The third kappa shape index (κ3) is 4.62. The number of amides is 1. The molecule has 130 valence electrons. The molecule has 0 radical (unpaired) electrons. The van der Waals surface area contributed by atoms with Gasteiger partial charge in [-0.3, -0.25) is 9.59 Å². The first-order valence-corrected chi connectivity index (χ1v) is 8.37. The molecule has 0 fully saturated rings. The summed E-state index contributed by atoms with van der Waals surface area (Å²) in [6.45, 7) is 4.19. The molecule has 0 aliphatic heterocycles. The number of rotatable bonds is 7. The number of halogens is 2. The SMILES string of the molecule is CCOc1ccc(C(=O)/C=C(\C)c2c(Cl)ccc(Cl)c2NC=O)cc1. The number of nitrogens with one attached hydrogen (secondary N) is 1. The van der Waals surface area contributed by atoms with Crippen LogP contribution in [-0.2, 0) is 4.79 Å². The quantitative estimate of drug-likeness (QED) is 0.407. The van der Waals surface area contributed by atoms with Crippen LogP contribution >= 0.6 is 23.2 Å². The molecule has 4 nitrogen and oxygen atoms in total. The van der Waals surface area contributed by atoms with Gasteiger partial charge in [-0.25, -0.2) is 0 Å². The van der Waals surface area contributed by atoms with E-state index in [1.165, 1.54) is 6.08 Å². The lowest BCUT2D eigenvalue weighted by Crippen LogP contribution is -2.01. The van der Waals surface area contributed by atoms with Gasteiger partial charge in [-0.2, -0.15) is 0 Å². The first-order chi connectivity index (χ1) is 12.0. The lowest BCUT2D eigenvalue weighted by molar-refractivity contribution is -0.105. The van der Waals surface area contributed by atoms with Gasteiger partial charge in [0.05, 0.1) is 22.3 Å². The van der Waals surface area contributed by atoms with Crippen LogP contribution in [0.15, 0.2) is 42.5 Å². The number of anilines is 1. The maximum absolute atomic E-state index is 12.5. The fourth-order valence-electron chi connectivity index (χ4n) is 2.37. The zero-order chi connectivity index (χ0) is 18.4. The van der Waals surface area contributed by atoms with Gasteiger partial charge in [-0.15, -0.1) is 0 Å². The molecule has 0 unspecified atom stereocenters. The largest absolute Gasteiger partial charge is 0.494 e. The second-order valence-corrected chi connectivity index (χ2v) is 6.00.